The zero-order valence-corrected chi connectivity index (χ0v) is 15.1. The molecule has 1 aromatic carbocycles. The predicted molar refractivity (Wildman–Crippen MR) is 100 cm³/mol. The van der Waals surface area contributed by atoms with E-state index in [9.17, 15) is 0 Å². The van der Waals surface area contributed by atoms with Crippen molar-refractivity contribution in [2.45, 2.75) is 65.2 Å². The highest BCUT2D eigenvalue weighted by Gasteiger charge is 2.04. The minimum Gasteiger partial charge on any atom is -0.494 e. The summed E-state index contributed by atoms with van der Waals surface area (Å²) in [7, 11) is 0. The van der Waals surface area contributed by atoms with Crippen LogP contribution in [0.2, 0.25) is 0 Å². The van der Waals surface area contributed by atoms with Gasteiger partial charge < -0.3 is 4.74 Å². The predicted octanol–water partition coefficient (Wildman–Crippen LogP) is 5.84. The zero-order chi connectivity index (χ0) is 17.0. The quantitative estimate of drug-likeness (QED) is 0.487. The average Bonchev–Trinajstić information content (AvgIpc) is 2.63. The molecule has 0 saturated heterocycles. The molecule has 3 nitrogen and oxygen atoms in total. The number of hydrogen-bond donors (Lipinski definition) is 0. The lowest BCUT2D eigenvalue weighted by atomic mass is 10.1. The van der Waals surface area contributed by atoms with E-state index in [0.29, 0.717) is 0 Å². The van der Waals surface area contributed by atoms with E-state index in [4.69, 9.17) is 9.72 Å². The van der Waals surface area contributed by atoms with Crippen molar-refractivity contribution in [2.24, 2.45) is 0 Å². The molecule has 0 fully saturated rings. The number of aromatic nitrogens is 2. The summed E-state index contributed by atoms with van der Waals surface area (Å²) in [5.74, 6) is 1.73. The number of unbranched alkanes of at least 4 members (excludes halogenated alkanes) is 5. The lowest BCUT2D eigenvalue weighted by molar-refractivity contribution is 0.306. The van der Waals surface area contributed by atoms with Crippen LogP contribution in [0, 0.1) is 0 Å². The van der Waals surface area contributed by atoms with Gasteiger partial charge in [-0.1, -0.05) is 46.0 Å². The summed E-state index contributed by atoms with van der Waals surface area (Å²) < 4.78 is 5.76. The van der Waals surface area contributed by atoms with Gasteiger partial charge in [0.25, 0.3) is 0 Å². The molecule has 2 aromatic rings. The molecule has 0 aliphatic heterocycles. The highest BCUT2D eigenvalue weighted by Crippen LogP contribution is 2.20. The fraction of sp³-hybridized carbons (Fsp3) is 0.524. The number of aryl methyl sites for hydroxylation is 1. The monoisotopic (exact) mass is 326 g/mol. The molecule has 0 unspecified atom stereocenters. The SMILES string of the molecule is CCCCCCc1ccnc(-c2ccc(OCCCCC)cc2)n1. The van der Waals surface area contributed by atoms with Gasteiger partial charge in [-0.3, -0.25) is 0 Å². The van der Waals surface area contributed by atoms with E-state index in [1.165, 1.54) is 38.5 Å². The first-order chi connectivity index (χ1) is 11.8. The number of nitrogens with zero attached hydrogens (tertiary/aromatic N) is 2. The Hall–Kier alpha value is -1.90. The fourth-order valence-corrected chi connectivity index (χ4v) is 2.65. The summed E-state index contributed by atoms with van der Waals surface area (Å²) in [5.41, 5.74) is 2.18. The van der Waals surface area contributed by atoms with Crippen molar-refractivity contribution in [2.75, 3.05) is 6.61 Å². The molecule has 0 radical (unpaired) electrons. The van der Waals surface area contributed by atoms with E-state index in [1.807, 2.05) is 36.5 Å². The molecule has 0 N–H and O–H groups in total. The van der Waals surface area contributed by atoms with Crippen LogP contribution >= 0.6 is 0 Å². The van der Waals surface area contributed by atoms with Gasteiger partial charge in [0.05, 0.1) is 6.61 Å². The van der Waals surface area contributed by atoms with Crippen LogP contribution in [0.5, 0.6) is 5.75 Å². The molecule has 0 aliphatic rings. The molecular weight excluding hydrogens is 296 g/mol. The zero-order valence-electron chi connectivity index (χ0n) is 15.1. The van der Waals surface area contributed by atoms with Crippen LogP contribution in [0.1, 0.15) is 64.5 Å². The fourth-order valence-electron chi connectivity index (χ4n) is 2.65. The Balaban J connectivity index is 1.91. The van der Waals surface area contributed by atoms with Gasteiger partial charge >= 0.3 is 0 Å². The number of benzene rings is 1. The summed E-state index contributed by atoms with van der Waals surface area (Å²) in [6.45, 7) is 5.23. The van der Waals surface area contributed by atoms with E-state index < -0.39 is 0 Å². The molecule has 3 heteroatoms. The Morgan fingerprint density at radius 3 is 2.33 bits per heavy atom. The van der Waals surface area contributed by atoms with Crippen molar-refractivity contribution in [3.63, 3.8) is 0 Å². The van der Waals surface area contributed by atoms with E-state index in [1.54, 1.807) is 0 Å². The van der Waals surface area contributed by atoms with Gasteiger partial charge in [-0.2, -0.15) is 0 Å². The van der Waals surface area contributed by atoms with Crippen molar-refractivity contribution in [3.8, 4) is 17.1 Å². The van der Waals surface area contributed by atoms with Gasteiger partial charge in [-0.05, 0) is 49.6 Å². The topological polar surface area (TPSA) is 35.0 Å². The van der Waals surface area contributed by atoms with Crippen LogP contribution < -0.4 is 4.74 Å². The van der Waals surface area contributed by atoms with Crippen molar-refractivity contribution in [3.05, 3.63) is 42.2 Å². The van der Waals surface area contributed by atoms with Crippen LogP contribution in [0.15, 0.2) is 36.5 Å². The third-order valence-electron chi connectivity index (χ3n) is 4.13. The Bertz CT molecular complexity index is 581. The van der Waals surface area contributed by atoms with E-state index in [-0.39, 0.29) is 0 Å². The van der Waals surface area contributed by atoms with Gasteiger partial charge in [-0.25, -0.2) is 9.97 Å². The lowest BCUT2D eigenvalue weighted by Gasteiger charge is -2.07. The van der Waals surface area contributed by atoms with E-state index >= 15 is 0 Å². The summed E-state index contributed by atoms with van der Waals surface area (Å²) >= 11 is 0. The molecule has 0 spiro atoms. The second kappa shape index (κ2) is 10.8. The van der Waals surface area contributed by atoms with Crippen molar-refractivity contribution in [1.82, 2.24) is 9.97 Å². The van der Waals surface area contributed by atoms with Crippen molar-refractivity contribution in [1.29, 1.82) is 0 Å². The smallest absolute Gasteiger partial charge is 0.159 e. The van der Waals surface area contributed by atoms with Crippen LogP contribution in [0.25, 0.3) is 11.4 Å². The number of ether oxygens (including phenoxy) is 1. The van der Waals surface area contributed by atoms with Gasteiger partial charge in [-0.15, -0.1) is 0 Å². The number of hydrogen-bond acceptors (Lipinski definition) is 3. The third kappa shape index (κ3) is 6.31. The van der Waals surface area contributed by atoms with Crippen LogP contribution in [0.4, 0.5) is 0 Å². The van der Waals surface area contributed by atoms with Crippen LogP contribution in [0.3, 0.4) is 0 Å². The molecule has 0 amide bonds. The summed E-state index contributed by atoms with van der Waals surface area (Å²) in [5, 5.41) is 0. The molecule has 2 rings (SSSR count). The molecule has 0 saturated carbocycles. The van der Waals surface area contributed by atoms with Gasteiger partial charge in [0.1, 0.15) is 5.75 Å². The van der Waals surface area contributed by atoms with Gasteiger partial charge in [0.2, 0.25) is 0 Å². The minimum atomic E-state index is 0.789. The summed E-state index contributed by atoms with van der Waals surface area (Å²) in [6, 6.07) is 10.1. The van der Waals surface area contributed by atoms with Crippen LogP contribution in [-0.4, -0.2) is 16.6 Å². The standard InChI is InChI=1S/C21H30N2O/c1-3-5-7-8-10-19-15-16-22-21(23-19)18-11-13-20(14-12-18)24-17-9-6-4-2/h11-16H,3-10,17H2,1-2H3. The largest absolute Gasteiger partial charge is 0.494 e. The summed E-state index contributed by atoms with van der Waals surface area (Å²) in [6.07, 6.45) is 11.5. The second-order valence-electron chi connectivity index (χ2n) is 6.26. The molecule has 0 atom stereocenters. The number of rotatable bonds is 11. The maximum absolute atomic E-state index is 5.76. The highest BCUT2D eigenvalue weighted by atomic mass is 16.5. The maximum Gasteiger partial charge on any atom is 0.159 e. The summed E-state index contributed by atoms with van der Waals surface area (Å²) in [4.78, 5) is 9.12. The maximum atomic E-state index is 5.76. The second-order valence-corrected chi connectivity index (χ2v) is 6.26. The Morgan fingerprint density at radius 1 is 0.833 bits per heavy atom. The first kappa shape index (κ1) is 18.4. The van der Waals surface area contributed by atoms with Crippen molar-refractivity contribution < 1.29 is 4.74 Å². The Kier molecular flexibility index (Phi) is 8.29. The molecule has 24 heavy (non-hydrogen) atoms. The first-order valence-electron chi connectivity index (χ1n) is 9.38. The van der Waals surface area contributed by atoms with Crippen molar-refractivity contribution >= 4 is 0 Å². The minimum absolute atomic E-state index is 0.789. The highest BCUT2D eigenvalue weighted by molar-refractivity contribution is 5.56. The molecular formula is C21H30N2O. The molecule has 1 aromatic heterocycles. The third-order valence-corrected chi connectivity index (χ3v) is 4.13. The molecule has 0 bridgehead atoms. The normalized spacial score (nSPS) is 10.8. The lowest BCUT2D eigenvalue weighted by Crippen LogP contribution is -1.98. The van der Waals surface area contributed by atoms with Gasteiger partial charge in [0.15, 0.2) is 5.82 Å². The first-order valence-corrected chi connectivity index (χ1v) is 9.38. The van der Waals surface area contributed by atoms with Gasteiger partial charge in [0, 0.05) is 17.5 Å². The van der Waals surface area contributed by atoms with E-state index in [0.717, 1.165) is 42.3 Å². The molecule has 130 valence electrons. The molecule has 1 heterocycles. The Morgan fingerprint density at radius 2 is 1.58 bits per heavy atom. The van der Waals surface area contributed by atoms with E-state index in [2.05, 4.69) is 18.8 Å². The Labute approximate surface area is 146 Å². The molecule has 0 aliphatic carbocycles. The van der Waals surface area contributed by atoms with Crippen LogP contribution in [-0.2, 0) is 6.42 Å². The average molecular weight is 326 g/mol.